The number of nitrogens with one attached hydrogen (secondary N) is 1. The van der Waals surface area contributed by atoms with Gasteiger partial charge in [-0.1, -0.05) is 0 Å². The number of methoxy groups -OCH3 is 1. The molecule has 1 atom stereocenters. The average Bonchev–Trinajstić information content (AvgIpc) is 3.13. The zero-order chi connectivity index (χ0) is 20.1. The number of halogens is 2. The van der Waals surface area contributed by atoms with Crippen molar-refractivity contribution in [2.75, 3.05) is 32.2 Å². The molecule has 1 aliphatic heterocycles. The molecule has 2 heterocycles. The van der Waals surface area contributed by atoms with Crippen molar-refractivity contribution in [1.82, 2.24) is 4.90 Å². The number of anilines is 1. The Balaban J connectivity index is 1.67. The molecule has 1 fully saturated rings. The second-order valence-corrected chi connectivity index (χ2v) is 6.30. The first kappa shape index (κ1) is 20.0. The summed E-state index contributed by atoms with van der Waals surface area (Å²) in [5, 5.41) is 2.33. The Morgan fingerprint density at radius 3 is 2.89 bits per heavy atom. The van der Waals surface area contributed by atoms with Gasteiger partial charge >= 0.3 is 0 Å². The Morgan fingerprint density at radius 2 is 2.11 bits per heavy atom. The van der Waals surface area contributed by atoms with E-state index in [4.69, 9.17) is 13.9 Å². The molecule has 0 spiro atoms. The number of amides is 2. The summed E-state index contributed by atoms with van der Waals surface area (Å²) < 4.78 is 42.8. The summed E-state index contributed by atoms with van der Waals surface area (Å²) in [7, 11) is 1.52. The molecular formula is C19H20F2N2O5. The molecule has 2 aromatic rings. The molecule has 0 radical (unpaired) electrons. The molecular weight excluding hydrogens is 374 g/mol. The Labute approximate surface area is 160 Å². The normalized spacial score (nSPS) is 16.8. The Kier molecular flexibility index (Phi) is 6.37. The van der Waals surface area contributed by atoms with E-state index in [-0.39, 0.29) is 43.5 Å². The van der Waals surface area contributed by atoms with Crippen LogP contribution in [-0.4, -0.2) is 49.6 Å². The van der Waals surface area contributed by atoms with Gasteiger partial charge in [0.05, 0.1) is 24.9 Å². The van der Waals surface area contributed by atoms with Crippen molar-refractivity contribution in [3.8, 4) is 0 Å². The van der Waals surface area contributed by atoms with Crippen molar-refractivity contribution in [1.29, 1.82) is 0 Å². The van der Waals surface area contributed by atoms with Crippen LogP contribution in [-0.2, 0) is 20.9 Å². The van der Waals surface area contributed by atoms with Crippen molar-refractivity contribution in [2.24, 2.45) is 0 Å². The number of nitrogens with zero attached hydrogens (tertiary/aromatic N) is 1. The lowest BCUT2D eigenvalue weighted by Gasteiger charge is -2.34. The Morgan fingerprint density at radius 1 is 1.29 bits per heavy atom. The van der Waals surface area contributed by atoms with E-state index in [2.05, 4.69) is 5.32 Å². The van der Waals surface area contributed by atoms with E-state index in [1.54, 1.807) is 12.1 Å². The summed E-state index contributed by atoms with van der Waals surface area (Å²) >= 11 is 0. The van der Waals surface area contributed by atoms with Gasteiger partial charge in [0.25, 0.3) is 5.91 Å². The topological polar surface area (TPSA) is 81.0 Å². The van der Waals surface area contributed by atoms with Crippen LogP contribution in [0.25, 0.3) is 0 Å². The molecule has 1 saturated heterocycles. The van der Waals surface area contributed by atoms with Crippen molar-refractivity contribution in [3.63, 3.8) is 0 Å². The van der Waals surface area contributed by atoms with Crippen molar-refractivity contribution >= 4 is 17.5 Å². The van der Waals surface area contributed by atoms with Gasteiger partial charge in [0, 0.05) is 26.1 Å². The van der Waals surface area contributed by atoms with Gasteiger partial charge in [-0.15, -0.1) is 0 Å². The molecule has 0 aliphatic carbocycles. The smallest absolute Gasteiger partial charge is 0.289 e. The number of carbonyl (C=O) groups is 2. The van der Waals surface area contributed by atoms with E-state index in [1.165, 1.54) is 12.0 Å². The highest BCUT2D eigenvalue weighted by atomic mass is 19.1. The van der Waals surface area contributed by atoms with Crippen LogP contribution in [0, 0.1) is 11.6 Å². The number of ether oxygens (including phenoxy) is 2. The van der Waals surface area contributed by atoms with E-state index in [1.807, 2.05) is 0 Å². The van der Waals surface area contributed by atoms with Crippen molar-refractivity contribution in [2.45, 2.75) is 19.1 Å². The first-order valence-corrected chi connectivity index (χ1v) is 8.69. The van der Waals surface area contributed by atoms with Crippen LogP contribution in [0.15, 0.2) is 34.7 Å². The predicted molar refractivity (Wildman–Crippen MR) is 94.7 cm³/mol. The SMILES string of the molecule is COCc1ccc(C(=O)N2CCOC[C@H]2CC(=O)Nc2cc(F)ccc2F)o1. The van der Waals surface area contributed by atoms with Crippen molar-refractivity contribution in [3.05, 3.63) is 53.5 Å². The van der Waals surface area contributed by atoms with E-state index < -0.39 is 23.6 Å². The fourth-order valence-corrected chi connectivity index (χ4v) is 2.95. The minimum atomic E-state index is -0.746. The monoisotopic (exact) mass is 394 g/mol. The summed E-state index contributed by atoms with van der Waals surface area (Å²) in [6, 6.07) is 5.42. The molecule has 1 aliphatic rings. The molecule has 150 valence electrons. The van der Waals surface area contributed by atoms with Gasteiger partial charge in [0.1, 0.15) is 24.0 Å². The number of benzene rings is 1. The zero-order valence-corrected chi connectivity index (χ0v) is 15.2. The summed E-state index contributed by atoms with van der Waals surface area (Å²) in [5.74, 6) is -1.70. The van der Waals surface area contributed by atoms with Gasteiger partial charge in [-0.25, -0.2) is 8.78 Å². The first-order valence-electron chi connectivity index (χ1n) is 8.69. The van der Waals surface area contributed by atoms with Gasteiger partial charge in [-0.3, -0.25) is 9.59 Å². The van der Waals surface area contributed by atoms with Gasteiger partial charge in [0.2, 0.25) is 5.91 Å². The second kappa shape index (κ2) is 8.94. The molecule has 0 bridgehead atoms. The van der Waals surface area contributed by atoms with E-state index in [0.29, 0.717) is 12.4 Å². The van der Waals surface area contributed by atoms with Gasteiger partial charge in [-0.05, 0) is 24.3 Å². The number of hydrogen-bond donors (Lipinski definition) is 1. The average molecular weight is 394 g/mol. The minimum Gasteiger partial charge on any atom is -0.453 e. The lowest BCUT2D eigenvalue weighted by molar-refractivity contribution is -0.118. The van der Waals surface area contributed by atoms with E-state index >= 15 is 0 Å². The number of rotatable bonds is 6. The lowest BCUT2D eigenvalue weighted by Crippen LogP contribution is -2.50. The van der Waals surface area contributed by atoms with Crippen LogP contribution >= 0.6 is 0 Å². The molecule has 9 heteroatoms. The Hall–Kier alpha value is -2.78. The van der Waals surface area contributed by atoms with Crippen LogP contribution < -0.4 is 5.32 Å². The standard InChI is InChI=1S/C19H20F2N2O5/c1-26-11-14-3-5-17(28-14)19(25)23-6-7-27-10-13(23)9-18(24)22-16-8-12(20)2-4-15(16)21/h2-5,8,13H,6-7,9-11H2,1H3,(H,22,24)/t13-/m1/s1. The van der Waals surface area contributed by atoms with E-state index in [0.717, 1.165) is 18.2 Å². The summed E-state index contributed by atoms with van der Waals surface area (Å²) in [5.41, 5.74) is -0.255. The molecule has 1 aromatic heterocycles. The molecule has 1 aromatic carbocycles. The predicted octanol–water partition coefficient (Wildman–Crippen LogP) is 2.57. The number of morpholine rings is 1. The second-order valence-electron chi connectivity index (χ2n) is 6.30. The maximum Gasteiger partial charge on any atom is 0.289 e. The van der Waals surface area contributed by atoms with Crippen LogP contribution in [0.5, 0.6) is 0 Å². The molecule has 1 N–H and O–H groups in total. The van der Waals surface area contributed by atoms with Gasteiger partial charge in [-0.2, -0.15) is 0 Å². The Bertz CT molecular complexity index is 855. The highest BCUT2D eigenvalue weighted by Crippen LogP contribution is 2.20. The molecule has 0 unspecified atom stereocenters. The highest BCUT2D eigenvalue weighted by molar-refractivity contribution is 5.94. The summed E-state index contributed by atoms with van der Waals surface area (Å²) in [6.45, 7) is 0.997. The number of furan rings is 1. The van der Waals surface area contributed by atoms with Gasteiger partial charge in [0.15, 0.2) is 5.76 Å². The van der Waals surface area contributed by atoms with Crippen LogP contribution in [0.1, 0.15) is 22.7 Å². The molecule has 28 heavy (non-hydrogen) atoms. The van der Waals surface area contributed by atoms with Crippen LogP contribution in [0.2, 0.25) is 0 Å². The van der Waals surface area contributed by atoms with Crippen LogP contribution in [0.3, 0.4) is 0 Å². The van der Waals surface area contributed by atoms with E-state index in [9.17, 15) is 18.4 Å². The summed E-state index contributed by atoms with van der Waals surface area (Å²) in [4.78, 5) is 26.6. The highest BCUT2D eigenvalue weighted by Gasteiger charge is 2.31. The molecule has 2 amide bonds. The summed E-state index contributed by atoms with van der Waals surface area (Å²) in [6.07, 6.45) is -0.132. The lowest BCUT2D eigenvalue weighted by atomic mass is 10.1. The maximum absolute atomic E-state index is 13.7. The first-order chi connectivity index (χ1) is 13.5. The zero-order valence-electron chi connectivity index (χ0n) is 15.2. The third kappa shape index (κ3) is 4.73. The molecule has 3 rings (SSSR count). The third-order valence-electron chi connectivity index (χ3n) is 4.27. The molecule has 0 saturated carbocycles. The van der Waals surface area contributed by atoms with Crippen molar-refractivity contribution < 1.29 is 32.3 Å². The number of carbonyl (C=O) groups excluding carboxylic acids is 2. The minimum absolute atomic E-state index is 0.132. The quantitative estimate of drug-likeness (QED) is 0.815. The number of hydrogen-bond acceptors (Lipinski definition) is 5. The van der Waals surface area contributed by atoms with Crippen LogP contribution in [0.4, 0.5) is 14.5 Å². The maximum atomic E-state index is 13.7. The molecule has 7 nitrogen and oxygen atoms in total. The largest absolute Gasteiger partial charge is 0.453 e. The fourth-order valence-electron chi connectivity index (χ4n) is 2.95. The fraction of sp³-hybridized carbons (Fsp3) is 0.368. The third-order valence-corrected chi connectivity index (χ3v) is 4.27. The van der Waals surface area contributed by atoms with Gasteiger partial charge < -0.3 is 24.1 Å².